The van der Waals surface area contributed by atoms with Crippen molar-refractivity contribution in [3.63, 3.8) is 0 Å². The van der Waals surface area contributed by atoms with Gasteiger partial charge < -0.3 is 4.90 Å². The minimum Gasteiger partial charge on any atom is -0.308 e. The van der Waals surface area contributed by atoms with E-state index in [0.717, 1.165) is 31.6 Å². The Hall–Kier alpha value is -1.33. The third kappa shape index (κ3) is 4.98. The van der Waals surface area contributed by atoms with Crippen molar-refractivity contribution in [3.05, 3.63) is 35.4 Å². The third-order valence-electron chi connectivity index (χ3n) is 3.01. The first-order valence-corrected chi connectivity index (χ1v) is 6.80. The first kappa shape index (κ1) is 16.7. The lowest BCUT2D eigenvalue weighted by atomic mass is 10.1. The van der Waals surface area contributed by atoms with Crippen LogP contribution in [0.5, 0.6) is 0 Å². The van der Waals surface area contributed by atoms with E-state index in [1.165, 1.54) is 6.07 Å². The lowest BCUT2D eigenvalue weighted by Gasteiger charge is -2.23. The van der Waals surface area contributed by atoms with Crippen molar-refractivity contribution in [1.29, 1.82) is 0 Å². The van der Waals surface area contributed by atoms with Crippen LogP contribution in [0.1, 0.15) is 23.7 Å². The van der Waals surface area contributed by atoms with Gasteiger partial charge in [-0.05, 0) is 39.2 Å². The quantitative estimate of drug-likeness (QED) is 0.685. The van der Waals surface area contributed by atoms with Crippen molar-refractivity contribution in [2.45, 2.75) is 13.3 Å². The molecule has 1 aromatic carbocycles. The number of likely N-dealkylation sites (N-methyl/N-ethyl adjacent to an activating group) is 1. The maximum atomic E-state index is 13.6. The summed E-state index contributed by atoms with van der Waals surface area (Å²) in [6.45, 7) is 4.28. The molecule has 1 aromatic rings. The van der Waals surface area contributed by atoms with Gasteiger partial charge in [0.2, 0.25) is 0 Å². The molecule has 0 aromatic heterocycles. The molecule has 0 spiro atoms. The zero-order valence-electron chi connectivity index (χ0n) is 12.3. The average molecular weight is 284 g/mol. The van der Waals surface area contributed by atoms with Gasteiger partial charge in [-0.3, -0.25) is 9.69 Å². The highest BCUT2D eigenvalue weighted by molar-refractivity contribution is 5.98. The Labute approximate surface area is 119 Å². The molecule has 0 radical (unpaired) electrons. The number of hydrogen-bond acceptors (Lipinski definition) is 3. The van der Waals surface area contributed by atoms with Gasteiger partial charge in [-0.15, -0.1) is 0 Å². The maximum absolute atomic E-state index is 13.6. The maximum Gasteiger partial charge on any atom is 0.182 e. The van der Waals surface area contributed by atoms with Gasteiger partial charge >= 0.3 is 0 Å². The molecule has 0 aliphatic rings. The lowest BCUT2D eigenvalue weighted by Crippen LogP contribution is -2.36. The summed E-state index contributed by atoms with van der Waals surface area (Å²) < 4.78 is 27.1. The number of carbonyl (C=O) groups excluding carboxylic acids is 1. The Morgan fingerprint density at radius 3 is 2.20 bits per heavy atom. The van der Waals surface area contributed by atoms with Crippen LogP contribution in [0.25, 0.3) is 0 Å². The van der Waals surface area contributed by atoms with Crippen LogP contribution in [0, 0.1) is 11.6 Å². The van der Waals surface area contributed by atoms with E-state index >= 15 is 0 Å². The number of Topliss-reactive ketones (excluding diaryl/α,β-unsaturated/α-hetero) is 1. The molecule has 1 rings (SSSR count). The molecule has 0 N–H and O–H groups in total. The van der Waals surface area contributed by atoms with E-state index in [1.54, 1.807) is 0 Å². The minimum atomic E-state index is -0.793. The standard InChI is InChI=1S/C15H22F2N2O/c1-4-8-19(10-9-18(2)3)11-14(20)15-12(16)6-5-7-13(15)17/h5-7H,4,8-11H2,1-3H3. The SMILES string of the molecule is CCCN(CCN(C)C)CC(=O)c1c(F)cccc1F. The van der Waals surface area contributed by atoms with Crippen molar-refractivity contribution in [3.8, 4) is 0 Å². The number of hydrogen-bond donors (Lipinski definition) is 0. The molecule has 0 heterocycles. The zero-order valence-corrected chi connectivity index (χ0v) is 12.3. The van der Waals surface area contributed by atoms with Crippen LogP contribution in [0.15, 0.2) is 18.2 Å². The monoisotopic (exact) mass is 284 g/mol. The van der Waals surface area contributed by atoms with Crippen LogP contribution in [0.2, 0.25) is 0 Å². The van der Waals surface area contributed by atoms with Gasteiger partial charge in [-0.1, -0.05) is 13.0 Å². The van der Waals surface area contributed by atoms with E-state index < -0.39 is 23.0 Å². The average Bonchev–Trinajstić information content (AvgIpc) is 2.36. The Kier molecular flexibility index (Phi) is 6.75. The van der Waals surface area contributed by atoms with Gasteiger partial charge in [0, 0.05) is 13.1 Å². The van der Waals surface area contributed by atoms with E-state index in [0.29, 0.717) is 6.54 Å². The lowest BCUT2D eigenvalue weighted by molar-refractivity contribution is 0.0917. The highest BCUT2D eigenvalue weighted by Gasteiger charge is 2.19. The normalized spacial score (nSPS) is 11.3. The number of carbonyl (C=O) groups is 1. The van der Waals surface area contributed by atoms with Crippen LogP contribution in [-0.4, -0.2) is 55.9 Å². The number of nitrogens with zero attached hydrogens (tertiary/aromatic N) is 2. The van der Waals surface area contributed by atoms with E-state index in [-0.39, 0.29) is 6.54 Å². The molecule has 112 valence electrons. The van der Waals surface area contributed by atoms with Gasteiger partial charge in [0.1, 0.15) is 11.6 Å². The van der Waals surface area contributed by atoms with Crippen LogP contribution < -0.4 is 0 Å². The summed E-state index contributed by atoms with van der Waals surface area (Å²) in [6.07, 6.45) is 0.889. The smallest absolute Gasteiger partial charge is 0.182 e. The summed E-state index contributed by atoms with van der Waals surface area (Å²) in [7, 11) is 3.89. The van der Waals surface area contributed by atoms with Gasteiger partial charge in [-0.25, -0.2) is 8.78 Å². The molecule has 0 saturated heterocycles. The summed E-state index contributed by atoms with van der Waals surface area (Å²) in [6, 6.07) is 3.48. The Morgan fingerprint density at radius 2 is 1.70 bits per heavy atom. The summed E-state index contributed by atoms with van der Waals surface area (Å²) in [4.78, 5) is 16.0. The molecule has 0 aliphatic carbocycles. The Bertz CT molecular complexity index is 429. The molecule has 3 nitrogen and oxygen atoms in total. The molecule has 0 aliphatic heterocycles. The second kappa shape index (κ2) is 8.07. The summed E-state index contributed by atoms with van der Waals surface area (Å²) in [5, 5.41) is 0. The van der Waals surface area contributed by atoms with Crippen molar-refractivity contribution in [2.75, 3.05) is 40.3 Å². The highest BCUT2D eigenvalue weighted by atomic mass is 19.1. The van der Waals surface area contributed by atoms with Crippen molar-refractivity contribution < 1.29 is 13.6 Å². The molecular formula is C15H22F2N2O. The number of ketones is 1. The first-order chi connectivity index (χ1) is 9.45. The second-order valence-corrected chi connectivity index (χ2v) is 5.10. The van der Waals surface area contributed by atoms with E-state index in [1.807, 2.05) is 30.8 Å². The van der Waals surface area contributed by atoms with Crippen molar-refractivity contribution in [2.24, 2.45) is 0 Å². The van der Waals surface area contributed by atoms with Crippen molar-refractivity contribution >= 4 is 5.78 Å². The number of benzene rings is 1. The molecule has 0 amide bonds. The zero-order chi connectivity index (χ0) is 15.1. The largest absolute Gasteiger partial charge is 0.308 e. The fourth-order valence-corrected chi connectivity index (χ4v) is 1.97. The molecular weight excluding hydrogens is 262 g/mol. The van der Waals surface area contributed by atoms with Crippen LogP contribution in [0.4, 0.5) is 8.78 Å². The van der Waals surface area contributed by atoms with Crippen LogP contribution in [-0.2, 0) is 0 Å². The molecule has 5 heteroatoms. The van der Waals surface area contributed by atoms with Crippen molar-refractivity contribution in [1.82, 2.24) is 9.80 Å². The fraction of sp³-hybridized carbons (Fsp3) is 0.533. The Balaban J connectivity index is 2.75. The van der Waals surface area contributed by atoms with Gasteiger partial charge in [-0.2, -0.15) is 0 Å². The van der Waals surface area contributed by atoms with E-state index in [2.05, 4.69) is 0 Å². The molecule has 0 unspecified atom stereocenters. The fourth-order valence-electron chi connectivity index (χ4n) is 1.97. The summed E-state index contributed by atoms with van der Waals surface area (Å²) >= 11 is 0. The number of rotatable bonds is 8. The predicted octanol–water partition coefficient (Wildman–Crippen LogP) is 2.42. The van der Waals surface area contributed by atoms with Gasteiger partial charge in [0.05, 0.1) is 12.1 Å². The predicted molar refractivity (Wildman–Crippen MR) is 76.0 cm³/mol. The molecule has 0 bridgehead atoms. The van der Waals surface area contributed by atoms with E-state index in [9.17, 15) is 13.6 Å². The molecule has 0 fully saturated rings. The molecule has 0 atom stereocenters. The minimum absolute atomic E-state index is 0.0412. The van der Waals surface area contributed by atoms with Crippen LogP contribution >= 0.6 is 0 Å². The first-order valence-electron chi connectivity index (χ1n) is 6.80. The Morgan fingerprint density at radius 1 is 1.10 bits per heavy atom. The highest BCUT2D eigenvalue weighted by Crippen LogP contribution is 2.13. The van der Waals surface area contributed by atoms with E-state index in [4.69, 9.17) is 0 Å². The third-order valence-corrected chi connectivity index (χ3v) is 3.01. The summed E-state index contributed by atoms with van der Waals surface area (Å²) in [5.74, 6) is -2.09. The molecule has 20 heavy (non-hydrogen) atoms. The van der Waals surface area contributed by atoms with Gasteiger partial charge in [0.25, 0.3) is 0 Å². The molecule has 0 saturated carbocycles. The second-order valence-electron chi connectivity index (χ2n) is 5.10. The van der Waals surface area contributed by atoms with Crippen LogP contribution in [0.3, 0.4) is 0 Å². The topological polar surface area (TPSA) is 23.6 Å². The number of halogens is 2. The summed E-state index contributed by atoms with van der Waals surface area (Å²) in [5.41, 5.74) is -0.432. The van der Waals surface area contributed by atoms with Gasteiger partial charge in [0.15, 0.2) is 5.78 Å².